The minimum atomic E-state index is 0.693. The van der Waals surface area contributed by atoms with Crippen molar-refractivity contribution in [1.29, 1.82) is 0 Å². The fraction of sp³-hybridized carbons (Fsp3) is 0. The molecule has 0 amide bonds. The molecule has 48 heavy (non-hydrogen) atoms. The highest BCUT2D eigenvalue weighted by Crippen LogP contribution is 2.37. The van der Waals surface area contributed by atoms with E-state index in [9.17, 15) is 0 Å². The fourth-order valence-electron chi connectivity index (χ4n) is 6.53. The minimum Gasteiger partial charge on any atom is -0.254 e. The first kappa shape index (κ1) is 27.8. The zero-order valence-corrected chi connectivity index (χ0v) is 26.0. The molecule has 3 aromatic heterocycles. The molecule has 9 aromatic rings. The predicted octanol–water partition coefficient (Wildman–Crippen LogP) is 11.1. The average molecular weight is 613 g/mol. The van der Waals surface area contributed by atoms with E-state index in [1.165, 1.54) is 11.1 Å². The molecular formula is C44H28N4. The molecule has 0 aliphatic rings. The van der Waals surface area contributed by atoms with E-state index in [-0.39, 0.29) is 0 Å². The number of hydrogen-bond acceptors (Lipinski definition) is 4. The summed E-state index contributed by atoms with van der Waals surface area (Å²) >= 11 is 0. The van der Waals surface area contributed by atoms with Gasteiger partial charge in [-0.15, -0.1) is 0 Å². The number of fused-ring (bicyclic) bond motifs is 4. The molecule has 0 bridgehead atoms. The Morgan fingerprint density at radius 1 is 0.333 bits per heavy atom. The molecule has 4 nitrogen and oxygen atoms in total. The van der Waals surface area contributed by atoms with Crippen LogP contribution in [0.5, 0.6) is 0 Å². The maximum atomic E-state index is 5.17. The maximum Gasteiger partial charge on any atom is 0.160 e. The lowest BCUT2D eigenvalue weighted by Gasteiger charge is -2.14. The predicted molar refractivity (Wildman–Crippen MR) is 197 cm³/mol. The van der Waals surface area contributed by atoms with E-state index in [1.54, 1.807) is 0 Å². The molecule has 6 aromatic carbocycles. The lowest BCUT2D eigenvalue weighted by Crippen LogP contribution is -1.97. The first-order valence-electron chi connectivity index (χ1n) is 16.1. The van der Waals surface area contributed by atoms with Gasteiger partial charge in [0.15, 0.2) is 5.82 Å². The molecule has 0 radical (unpaired) electrons. The van der Waals surface area contributed by atoms with Crippen molar-refractivity contribution < 1.29 is 0 Å². The molecule has 0 spiro atoms. The Labute approximate surface area is 278 Å². The van der Waals surface area contributed by atoms with Crippen molar-refractivity contribution in [2.45, 2.75) is 0 Å². The van der Waals surface area contributed by atoms with E-state index in [0.717, 1.165) is 71.9 Å². The van der Waals surface area contributed by atoms with Crippen molar-refractivity contribution in [1.82, 2.24) is 19.9 Å². The van der Waals surface area contributed by atoms with Crippen LogP contribution in [0.1, 0.15) is 0 Å². The third kappa shape index (κ3) is 4.97. The number of rotatable bonds is 5. The number of aromatic nitrogens is 4. The second-order valence-electron chi connectivity index (χ2n) is 11.9. The van der Waals surface area contributed by atoms with Gasteiger partial charge in [-0.1, -0.05) is 146 Å². The standard InChI is InChI=1S/C44H28N4/c1-3-10-29(11-4-1)30-17-19-31(20-18-30)40-28-41(48-44(47-40)34-12-5-2-6-13-34)38-25-24-37(35-15-7-8-16-36(35)38)39-26-23-33-22-21-32-14-9-27-45-42(32)43(33)46-39/h1-28H. The third-order valence-corrected chi connectivity index (χ3v) is 8.95. The van der Waals surface area contributed by atoms with Crippen molar-refractivity contribution in [3.05, 3.63) is 170 Å². The van der Waals surface area contributed by atoms with E-state index in [0.29, 0.717) is 5.82 Å². The Morgan fingerprint density at radius 2 is 0.896 bits per heavy atom. The van der Waals surface area contributed by atoms with Crippen molar-refractivity contribution in [2.75, 3.05) is 0 Å². The van der Waals surface area contributed by atoms with Gasteiger partial charge in [0, 0.05) is 39.2 Å². The van der Waals surface area contributed by atoms with Crippen LogP contribution in [0.25, 0.3) is 88.9 Å². The van der Waals surface area contributed by atoms with Crippen LogP contribution in [0.2, 0.25) is 0 Å². The highest BCUT2D eigenvalue weighted by atomic mass is 14.9. The van der Waals surface area contributed by atoms with E-state index >= 15 is 0 Å². The summed E-state index contributed by atoms with van der Waals surface area (Å²) in [7, 11) is 0. The van der Waals surface area contributed by atoms with E-state index in [4.69, 9.17) is 15.0 Å². The van der Waals surface area contributed by atoms with Gasteiger partial charge >= 0.3 is 0 Å². The molecule has 0 fully saturated rings. The lowest BCUT2D eigenvalue weighted by molar-refractivity contribution is 1.18. The van der Waals surface area contributed by atoms with Crippen molar-refractivity contribution in [3.8, 4) is 56.3 Å². The molecule has 0 N–H and O–H groups in total. The zero-order valence-electron chi connectivity index (χ0n) is 26.0. The summed E-state index contributed by atoms with van der Waals surface area (Å²) in [6.07, 6.45) is 1.83. The summed E-state index contributed by atoms with van der Waals surface area (Å²) in [6, 6.07) is 56.7. The quantitative estimate of drug-likeness (QED) is 0.181. The van der Waals surface area contributed by atoms with Crippen LogP contribution in [0.4, 0.5) is 0 Å². The van der Waals surface area contributed by atoms with E-state index in [1.807, 2.05) is 36.5 Å². The molecule has 0 aliphatic heterocycles. The van der Waals surface area contributed by atoms with Crippen LogP contribution < -0.4 is 0 Å². The summed E-state index contributed by atoms with van der Waals surface area (Å²) in [5, 5.41) is 4.38. The van der Waals surface area contributed by atoms with Gasteiger partial charge in [0.2, 0.25) is 0 Å². The first-order valence-corrected chi connectivity index (χ1v) is 16.1. The van der Waals surface area contributed by atoms with Gasteiger partial charge < -0.3 is 0 Å². The summed E-state index contributed by atoms with van der Waals surface area (Å²) < 4.78 is 0. The van der Waals surface area contributed by atoms with Gasteiger partial charge in [-0.25, -0.2) is 15.0 Å². The minimum absolute atomic E-state index is 0.693. The number of benzene rings is 6. The van der Waals surface area contributed by atoms with E-state index in [2.05, 4.69) is 138 Å². The molecule has 224 valence electrons. The van der Waals surface area contributed by atoms with Gasteiger partial charge in [0.05, 0.1) is 28.1 Å². The molecular weight excluding hydrogens is 585 g/mol. The third-order valence-electron chi connectivity index (χ3n) is 8.95. The molecule has 0 atom stereocenters. The molecule has 0 saturated heterocycles. The Bertz CT molecular complexity index is 2600. The first-order chi connectivity index (χ1) is 23.8. The second kappa shape index (κ2) is 11.7. The van der Waals surface area contributed by atoms with Gasteiger partial charge in [0.25, 0.3) is 0 Å². The van der Waals surface area contributed by atoms with Gasteiger partial charge in [-0.3, -0.25) is 4.98 Å². The monoisotopic (exact) mass is 612 g/mol. The summed E-state index contributed by atoms with van der Waals surface area (Å²) in [4.78, 5) is 20.1. The molecule has 0 unspecified atom stereocenters. The molecule has 3 heterocycles. The fourth-order valence-corrected chi connectivity index (χ4v) is 6.53. The van der Waals surface area contributed by atoms with E-state index < -0.39 is 0 Å². The Balaban J connectivity index is 1.20. The SMILES string of the molecule is c1ccc(-c2ccc(-c3cc(-c4ccc(-c5ccc6ccc7cccnc7c6n5)c5ccccc45)nc(-c4ccccc4)n3)cc2)cc1. The normalized spacial score (nSPS) is 11.3. The molecule has 0 saturated carbocycles. The number of hydrogen-bond donors (Lipinski definition) is 0. The topological polar surface area (TPSA) is 51.6 Å². The van der Waals surface area contributed by atoms with Crippen LogP contribution in [0.3, 0.4) is 0 Å². The lowest BCUT2D eigenvalue weighted by atomic mass is 9.94. The van der Waals surface area contributed by atoms with Crippen molar-refractivity contribution in [2.24, 2.45) is 0 Å². The van der Waals surface area contributed by atoms with Crippen LogP contribution >= 0.6 is 0 Å². The van der Waals surface area contributed by atoms with Gasteiger partial charge in [-0.2, -0.15) is 0 Å². The smallest absolute Gasteiger partial charge is 0.160 e. The van der Waals surface area contributed by atoms with Gasteiger partial charge in [-0.05, 0) is 40.1 Å². The Kier molecular flexibility index (Phi) is 6.76. The maximum absolute atomic E-state index is 5.17. The highest BCUT2D eigenvalue weighted by Gasteiger charge is 2.16. The Hall–Kier alpha value is -6.52. The van der Waals surface area contributed by atoms with Crippen molar-refractivity contribution >= 4 is 32.6 Å². The zero-order chi connectivity index (χ0) is 31.9. The van der Waals surface area contributed by atoms with Crippen LogP contribution in [0, 0.1) is 0 Å². The summed E-state index contributed by atoms with van der Waals surface area (Å²) in [5.41, 5.74) is 11.0. The molecule has 0 aliphatic carbocycles. The summed E-state index contributed by atoms with van der Waals surface area (Å²) in [5.74, 6) is 0.693. The second-order valence-corrected chi connectivity index (χ2v) is 11.9. The molecule has 9 rings (SSSR count). The number of pyridine rings is 2. The van der Waals surface area contributed by atoms with Crippen molar-refractivity contribution in [3.63, 3.8) is 0 Å². The highest BCUT2D eigenvalue weighted by molar-refractivity contribution is 6.07. The van der Waals surface area contributed by atoms with Crippen LogP contribution in [0.15, 0.2) is 170 Å². The van der Waals surface area contributed by atoms with Gasteiger partial charge in [0.1, 0.15) is 0 Å². The Morgan fingerprint density at radius 3 is 1.62 bits per heavy atom. The summed E-state index contributed by atoms with van der Waals surface area (Å²) in [6.45, 7) is 0. The van der Waals surface area contributed by atoms with Crippen LogP contribution in [-0.2, 0) is 0 Å². The average Bonchev–Trinajstić information content (AvgIpc) is 3.18. The van der Waals surface area contributed by atoms with Crippen LogP contribution in [-0.4, -0.2) is 19.9 Å². The number of nitrogens with zero attached hydrogens (tertiary/aromatic N) is 4. The molecule has 4 heteroatoms. The largest absolute Gasteiger partial charge is 0.254 e.